The van der Waals surface area contributed by atoms with Crippen LogP contribution < -0.4 is 16.0 Å². The summed E-state index contributed by atoms with van der Waals surface area (Å²) in [7, 11) is 3.84. The minimum atomic E-state index is -0.587. The summed E-state index contributed by atoms with van der Waals surface area (Å²) in [6.45, 7) is 2.97. The lowest BCUT2D eigenvalue weighted by Crippen LogP contribution is -2.53. The molecule has 1 aromatic carbocycles. The molecule has 3 fully saturated rings. The first kappa shape index (κ1) is 25.4. The molecule has 0 aliphatic carbocycles. The molecular weight excluding hydrogens is 446 g/mol. The van der Waals surface area contributed by atoms with Crippen LogP contribution in [-0.4, -0.2) is 86.3 Å². The van der Waals surface area contributed by atoms with Crippen molar-refractivity contribution in [2.45, 2.75) is 56.8 Å². The molecule has 35 heavy (non-hydrogen) atoms. The third-order valence-electron chi connectivity index (χ3n) is 7.57. The summed E-state index contributed by atoms with van der Waals surface area (Å²) in [5, 5.41) is 9.01. The minimum Gasteiger partial charge on any atom is -0.446 e. The zero-order valence-corrected chi connectivity index (χ0v) is 20.9. The van der Waals surface area contributed by atoms with Crippen LogP contribution in [0.5, 0.6) is 0 Å². The Balaban J connectivity index is 1.41. The number of benzene rings is 1. The van der Waals surface area contributed by atoms with E-state index in [1.807, 2.05) is 18.2 Å². The minimum absolute atomic E-state index is 0.0339. The number of rotatable bonds is 8. The summed E-state index contributed by atoms with van der Waals surface area (Å²) >= 11 is 0. The van der Waals surface area contributed by atoms with Gasteiger partial charge in [-0.25, -0.2) is 4.79 Å². The van der Waals surface area contributed by atoms with Crippen molar-refractivity contribution in [1.29, 1.82) is 0 Å². The van der Waals surface area contributed by atoms with Crippen molar-refractivity contribution >= 4 is 17.9 Å². The highest BCUT2D eigenvalue weighted by molar-refractivity contribution is 5.86. The molecule has 0 aromatic heterocycles. The Morgan fingerprint density at radius 1 is 1.17 bits per heavy atom. The summed E-state index contributed by atoms with van der Waals surface area (Å²) in [6, 6.07) is 9.59. The normalized spacial score (nSPS) is 26.4. The van der Waals surface area contributed by atoms with Crippen molar-refractivity contribution in [2.75, 3.05) is 40.3 Å². The molecular formula is C26H39N5O4. The molecule has 3 amide bonds. The van der Waals surface area contributed by atoms with Gasteiger partial charge in [-0.05, 0) is 64.1 Å². The molecule has 9 heteroatoms. The number of piperidine rings is 1. The molecule has 4 rings (SSSR count). The highest BCUT2D eigenvalue weighted by atomic mass is 16.6. The molecule has 192 valence electrons. The Kier molecular flexibility index (Phi) is 8.62. The summed E-state index contributed by atoms with van der Waals surface area (Å²) in [5.74, 6) is -0.107. The van der Waals surface area contributed by atoms with Gasteiger partial charge in [-0.3, -0.25) is 14.5 Å². The number of amides is 3. The fourth-order valence-corrected chi connectivity index (χ4v) is 5.45. The van der Waals surface area contributed by atoms with Gasteiger partial charge in [-0.1, -0.05) is 30.3 Å². The topological polar surface area (TPSA) is 103 Å². The van der Waals surface area contributed by atoms with E-state index in [9.17, 15) is 14.4 Å². The molecule has 0 bridgehead atoms. The van der Waals surface area contributed by atoms with Gasteiger partial charge in [0.2, 0.25) is 11.8 Å². The number of likely N-dealkylation sites (tertiary alicyclic amines) is 2. The van der Waals surface area contributed by atoms with Gasteiger partial charge in [-0.15, -0.1) is 0 Å². The Bertz CT molecular complexity index is 874. The van der Waals surface area contributed by atoms with Crippen LogP contribution in [-0.2, 0) is 20.7 Å². The number of nitrogens with one attached hydrogen (secondary N) is 3. The quantitative estimate of drug-likeness (QED) is 0.480. The van der Waals surface area contributed by atoms with Gasteiger partial charge in [0.15, 0.2) is 0 Å². The maximum atomic E-state index is 13.4. The number of carbonyl (C=O) groups excluding carboxylic acids is 3. The van der Waals surface area contributed by atoms with Crippen molar-refractivity contribution in [1.82, 2.24) is 25.8 Å². The Morgan fingerprint density at radius 2 is 1.91 bits per heavy atom. The fourth-order valence-electron chi connectivity index (χ4n) is 5.45. The van der Waals surface area contributed by atoms with Gasteiger partial charge in [-0.2, -0.15) is 0 Å². The number of hydrogen-bond donors (Lipinski definition) is 3. The van der Waals surface area contributed by atoms with Gasteiger partial charge in [0, 0.05) is 32.1 Å². The van der Waals surface area contributed by atoms with Crippen molar-refractivity contribution in [3.8, 4) is 0 Å². The van der Waals surface area contributed by atoms with Crippen molar-refractivity contribution in [2.24, 2.45) is 11.8 Å². The van der Waals surface area contributed by atoms with Gasteiger partial charge in [0.05, 0.1) is 6.17 Å². The van der Waals surface area contributed by atoms with E-state index in [-0.39, 0.29) is 35.9 Å². The summed E-state index contributed by atoms with van der Waals surface area (Å²) in [6.07, 6.45) is 3.46. The molecule has 3 heterocycles. The van der Waals surface area contributed by atoms with E-state index < -0.39 is 12.1 Å². The van der Waals surface area contributed by atoms with Crippen molar-refractivity contribution in [3.05, 3.63) is 35.9 Å². The lowest BCUT2D eigenvalue weighted by Gasteiger charge is -2.31. The molecule has 3 aliphatic heterocycles. The SMILES string of the molecule is CN[C@H](C[C@@H]1CCNC1=O)NC(=O)[C@@H]1C[C@@H](Cc2ccccc2)CN1C(=O)OC1CCN(C)CC1. The zero-order valence-electron chi connectivity index (χ0n) is 20.9. The maximum absolute atomic E-state index is 13.4. The van der Waals surface area contributed by atoms with E-state index in [4.69, 9.17) is 4.74 Å². The predicted molar refractivity (Wildman–Crippen MR) is 132 cm³/mol. The number of carbonyl (C=O) groups is 3. The predicted octanol–water partition coefficient (Wildman–Crippen LogP) is 1.34. The van der Waals surface area contributed by atoms with Crippen LogP contribution in [0.3, 0.4) is 0 Å². The first-order valence-electron chi connectivity index (χ1n) is 12.9. The van der Waals surface area contributed by atoms with Crippen LogP contribution in [0.4, 0.5) is 4.79 Å². The first-order valence-corrected chi connectivity index (χ1v) is 12.9. The van der Waals surface area contributed by atoms with Crippen LogP contribution in [0.15, 0.2) is 30.3 Å². The molecule has 0 radical (unpaired) electrons. The summed E-state index contributed by atoms with van der Waals surface area (Å²) in [5.41, 5.74) is 1.20. The Hall–Kier alpha value is -2.65. The van der Waals surface area contributed by atoms with E-state index in [0.29, 0.717) is 25.9 Å². The molecule has 1 aromatic rings. The zero-order chi connectivity index (χ0) is 24.8. The monoisotopic (exact) mass is 485 g/mol. The lowest BCUT2D eigenvalue weighted by molar-refractivity contribution is -0.127. The average Bonchev–Trinajstić information content (AvgIpc) is 3.47. The first-order chi connectivity index (χ1) is 16.9. The van der Waals surface area contributed by atoms with E-state index in [0.717, 1.165) is 38.8 Å². The highest BCUT2D eigenvalue weighted by Crippen LogP contribution is 2.28. The van der Waals surface area contributed by atoms with Crippen LogP contribution in [0.25, 0.3) is 0 Å². The number of ether oxygens (including phenoxy) is 1. The van der Waals surface area contributed by atoms with Gasteiger partial charge < -0.3 is 25.6 Å². The number of nitrogens with zero attached hydrogens (tertiary/aromatic N) is 2. The molecule has 4 atom stereocenters. The standard InChI is InChI=1S/C26H39N5O4/c1-27-23(16-20-8-11-28-24(20)32)29-25(33)22-15-19(14-18-6-4-3-5-7-18)17-31(22)26(34)35-21-9-12-30(2)13-10-21/h3-7,19-23,27H,8-17H2,1-2H3,(H,28,32)(H,29,33)/t19-,20+,22+,23+/m1/s1. The second kappa shape index (κ2) is 11.9. The molecule has 0 saturated carbocycles. The fraction of sp³-hybridized carbons (Fsp3) is 0.654. The Labute approximate surface area is 207 Å². The number of hydrogen-bond acceptors (Lipinski definition) is 6. The van der Waals surface area contributed by atoms with E-state index in [1.54, 1.807) is 11.9 Å². The molecule has 0 spiro atoms. The van der Waals surface area contributed by atoms with Crippen molar-refractivity contribution < 1.29 is 19.1 Å². The lowest BCUT2D eigenvalue weighted by atomic mass is 9.96. The molecule has 3 saturated heterocycles. The molecule has 3 aliphatic rings. The van der Waals surface area contributed by atoms with Gasteiger partial charge >= 0.3 is 6.09 Å². The van der Waals surface area contributed by atoms with Crippen LogP contribution >= 0.6 is 0 Å². The van der Waals surface area contributed by atoms with Crippen LogP contribution in [0.1, 0.15) is 37.7 Å². The van der Waals surface area contributed by atoms with Crippen molar-refractivity contribution in [3.63, 3.8) is 0 Å². The second-order valence-corrected chi connectivity index (χ2v) is 10.2. The molecule has 0 unspecified atom stereocenters. The summed E-state index contributed by atoms with van der Waals surface area (Å²) in [4.78, 5) is 42.5. The summed E-state index contributed by atoms with van der Waals surface area (Å²) < 4.78 is 5.87. The largest absolute Gasteiger partial charge is 0.446 e. The van der Waals surface area contributed by atoms with Gasteiger partial charge in [0.1, 0.15) is 12.1 Å². The third kappa shape index (κ3) is 6.73. The van der Waals surface area contributed by atoms with E-state index in [2.05, 4.69) is 40.0 Å². The van der Waals surface area contributed by atoms with Gasteiger partial charge in [0.25, 0.3) is 0 Å². The van der Waals surface area contributed by atoms with E-state index in [1.165, 1.54) is 5.56 Å². The van der Waals surface area contributed by atoms with E-state index >= 15 is 0 Å². The average molecular weight is 486 g/mol. The second-order valence-electron chi connectivity index (χ2n) is 10.2. The van der Waals surface area contributed by atoms with Crippen LogP contribution in [0.2, 0.25) is 0 Å². The molecule has 3 N–H and O–H groups in total. The Morgan fingerprint density at radius 3 is 2.57 bits per heavy atom. The van der Waals surface area contributed by atoms with Crippen LogP contribution in [0, 0.1) is 11.8 Å². The maximum Gasteiger partial charge on any atom is 0.410 e. The smallest absolute Gasteiger partial charge is 0.410 e. The third-order valence-corrected chi connectivity index (χ3v) is 7.57. The molecule has 9 nitrogen and oxygen atoms in total. The highest BCUT2D eigenvalue weighted by Gasteiger charge is 2.42.